The van der Waals surface area contributed by atoms with Gasteiger partial charge in [-0.25, -0.2) is 0 Å². The predicted octanol–water partition coefficient (Wildman–Crippen LogP) is -1.83. The fraction of sp³-hybridized carbons (Fsp3) is 0.750. The molecule has 32 heavy (non-hydrogen) atoms. The van der Waals surface area contributed by atoms with Crippen LogP contribution in [0, 0.1) is 5.92 Å². The molecule has 0 saturated carbocycles. The molecule has 0 aliphatic rings. The van der Waals surface area contributed by atoms with Crippen molar-refractivity contribution in [2.24, 2.45) is 33.8 Å². The summed E-state index contributed by atoms with van der Waals surface area (Å²) < 4.78 is 0. The van der Waals surface area contributed by atoms with Crippen molar-refractivity contribution in [3.8, 4) is 0 Å². The Balaban J connectivity index is 5.30. The molecule has 0 aliphatic heterocycles. The maximum Gasteiger partial charge on any atom is 0.243 e. The summed E-state index contributed by atoms with van der Waals surface area (Å²) in [6, 6.07) is -2.63. The van der Waals surface area contributed by atoms with Gasteiger partial charge in [0.05, 0.1) is 0 Å². The molecule has 4 atom stereocenters. The number of unbranched alkanes of at least 4 members (excludes halogenated alkanes) is 1. The fourth-order valence-corrected chi connectivity index (χ4v) is 3.01. The van der Waals surface area contributed by atoms with Crippen LogP contribution in [0.5, 0.6) is 0 Å². The number of nitrogens with zero attached hydrogens (tertiary/aromatic N) is 1. The smallest absolute Gasteiger partial charge is 0.243 e. The Morgan fingerprint density at radius 1 is 0.875 bits per heavy atom. The highest BCUT2D eigenvalue weighted by Crippen LogP contribution is 2.11. The molecular weight excluding hydrogens is 416 g/mol. The average Bonchev–Trinajstić information content (AvgIpc) is 2.72. The topological polar surface area (TPSA) is 221 Å². The number of aliphatic imine (C=N–C) groups is 1. The summed E-state index contributed by atoms with van der Waals surface area (Å²) in [6.45, 7) is 5.76. The van der Waals surface area contributed by atoms with E-state index in [-0.39, 0.29) is 24.2 Å². The largest absolute Gasteiger partial charge is 0.370 e. The minimum atomic E-state index is -0.905. The van der Waals surface area contributed by atoms with E-state index in [1.165, 1.54) is 6.92 Å². The molecule has 184 valence electrons. The van der Waals surface area contributed by atoms with Crippen LogP contribution in [0.4, 0.5) is 0 Å². The lowest BCUT2D eigenvalue weighted by Crippen LogP contribution is -2.58. The first-order valence-corrected chi connectivity index (χ1v) is 11.0. The van der Waals surface area contributed by atoms with Gasteiger partial charge in [0.2, 0.25) is 23.6 Å². The highest BCUT2D eigenvalue weighted by molar-refractivity contribution is 5.94. The molecule has 0 heterocycles. The van der Waals surface area contributed by atoms with E-state index in [1.54, 1.807) is 0 Å². The van der Waals surface area contributed by atoms with Crippen LogP contribution in [0.3, 0.4) is 0 Å². The zero-order valence-electron chi connectivity index (χ0n) is 19.4. The van der Waals surface area contributed by atoms with Gasteiger partial charge >= 0.3 is 0 Å². The molecule has 0 fully saturated rings. The maximum absolute atomic E-state index is 12.9. The summed E-state index contributed by atoms with van der Waals surface area (Å²) in [4.78, 5) is 53.0. The summed E-state index contributed by atoms with van der Waals surface area (Å²) in [7, 11) is 0. The molecule has 0 saturated heterocycles. The third-order valence-electron chi connectivity index (χ3n) is 5.04. The van der Waals surface area contributed by atoms with E-state index in [1.807, 2.05) is 13.8 Å². The second kappa shape index (κ2) is 15.8. The molecule has 4 amide bonds. The number of hydrogen-bond acceptors (Lipinski definition) is 6. The molecule has 0 aliphatic carbocycles. The van der Waals surface area contributed by atoms with Crippen LogP contribution in [0.15, 0.2) is 4.99 Å². The normalized spacial score (nSPS) is 14.4. The van der Waals surface area contributed by atoms with Crippen LogP contribution in [-0.2, 0) is 19.2 Å². The first kappa shape index (κ1) is 29.1. The molecule has 12 nitrogen and oxygen atoms in total. The first-order valence-electron chi connectivity index (χ1n) is 11.0. The third kappa shape index (κ3) is 12.1. The van der Waals surface area contributed by atoms with Gasteiger partial charge in [0.15, 0.2) is 5.96 Å². The highest BCUT2D eigenvalue weighted by atomic mass is 16.2. The number of amides is 4. The molecule has 11 N–H and O–H groups in total. The zero-order chi connectivity index (χ0) is 24.7. The Labute approximate surface area is 189 Å². The van der Waals surface area contributed by atoms with Gasteiger partial charge in [-0.05, 0) is 44.6 Å². The SMILES string of the molecule is CC[C@H](C)[C@H](NC(=O)[C@H](CCCN=C(N)N)NC(C)=O)C(=O)N[C@@H](CCCCN)C(N)=O. The van der Waals surface area contributed by atoms with Gasteiger partial charge < -0.3 is 38.9 Å². The molecular formula is C20H40N8O4. The molecule has 0 bridgehead atoms. The number of guanidine groups is 1. The molecule has 0 rings (SSSR count). The van der Waals surface area contributed by atoms with Crippen molar-refractivity contribution < 1.29 is 19.2 Å². The van der Waals surface area contributed by atoms with E-state index in [0.717, 1.165) is 0 Å². The first-order chi connectivity index (χ1) is 15.0. The van der Waals surface area contributed by atoms with Gasteiger partial charge in [0.25, 0.3) is 0 Å². The standard InChI is InChI=1S/C20H40N8O4/c1-4-12(2)16(19(32)27-14(17(22)30)8-5-6-10-21)28-18(31)15(26-13(3)29)9-7-11-25-20(23)24/h12,14-16H,4-11,21H2,1-3H3,(H2,22,30)(H,26,29)(H,27,32)(H,28,31)(H4,23,24,25)/t12-,14-,15-,16-/m0/s1. The van der Waals surface area contributed by atoms with Crippen LogP contribution in [-0.4, -0.2) is 60.8 Å². The van der Waals surface area contributed by atoms with E-state index < -0.39 is 35.8 Å². The number of nitrogens with two attached hydrogens (primary N) is 4. The lowest BCUT2D eigenvalue weighted by Gasteiger charge is -2.28. The number of hydrogen-bond donors (Lipinski definition) is 7. The Morgan fingerprint density at radius 2 is 1.50 bits per heavy atom. The Morgan fingerprint density at radius 3 is 2.00 bits per heavy atom. The zero-order valence-corrected chi connectivity index (χ0v) is 19.4. The Hall–Kier alpha value is -2.89. The molecule has 0 spiro atoms. The van der Waals surface area contributed by atoms with E-state index in [0.29, 0.717) is 45.2 Å². The van der Waals surface area contributed by atoms with Crippen LogP contribution < -0.4 is 38.9 Å². The second-order valence-electron chi connectivity index (χ2n) is 7.82. The minimum absolute atomic E-state index is 0.0606. The van der Waals surface area contributed by atoms with Crippen molar-refractivity contribution in [3.63, 3.8) is 0 Å². The van der Waals surface area contributed by atoms with Gasteiger partial charge in [-0.2, -0.15) is 0 Å². The number of rotatable bonds is 16. The molecule has 0 aromatic carbocycles. The lowest BCUT2D eigenvalue weighted by molar-refractivity contribution is -0.134. The van der Waals surface area contributed by atoms with Crippen LogP contribution in [0.1, 0.15) is 59.3 Å². The van der Waals surface area contributed by atoms with Gasteiger partial charge in [-0.3, -0.25) is 24.2 Å². The number of primary amides is 1. The fourth-order valence-electron chi connectivity index (χ4n) is 3.01. The van der Waals surface area contributed by atoms with Crippen molar-refractivity contribution in [1.29, 1.82) is 0 Å². The van der Waals surface area contributed by atoms with Crippen molar-refractivity contribution in [1.82, 2.24) is 16.0 Å². The van der Waals surface area contributed by atoms with Crippen molar-refractivity contribution in [3.05, 3.63) is 0 Å². The van der Waals surface area contributed by atoms with Gasteiger partial charge in [0, 0.05) is 13.5 Å². The van der Waals surface area contributed by atoms with Crippen molar-refractivity contribution in [2.75, 3.05) is 13.1 Å². The van der Waals surface area contributed by atoms with Gasteiger partial charge in [0.1, 0.15) is 18.1 Å². The predicted molar refractivity (Wildman–Crippen MR) is 123 cm³/mol. The monoisotopic (exact) mass is 456 g/mol. The van der Waals surface area contributed by atoms with Crippen LogP contribution >= 0.6 is 0 Å². The molecule has 0 unspecified atom stereocenters. The van der Waals surface area contributed by atoms with Crippen LogP contribution in [0.2, 0.25) is 0 Å². The molecule has 0 aromatic heterocycles. The van der Waals surface area contributed by atoms with E-state index in [9.17, 15) is 19.2 Å². The van der Waals surface area contributed by atoms with Crippen molar-refractivity contribution in [2.45, 2.75) is 77.4 Å². The van der Waals surface area contributed by atoms with Crippen LogP contribution in [0.25, 0.3) is 0 Å². The highest BCUT2D eigenvalue weighted by Gasteiger charge is 2.31. The van der Waals surface area contributed by atoms with Crippen molar-refractivity contribution >= 4 is 29.6 Å². The third-order valence-corrected chi connectivity index (χ3v) is 5.04. The van der Waals surface area contributed by atoms with Gasteiger partial charge in [-0.15, -0.1) is 0 Å². The van der Waals surface area contributed by atoms with E-state index >= 15 is 0 Å². The summed E-state index contributed by atoms with van der Waals surface area (Å²) >= 11 is 0. The average molecular weight is 457 g/mol. The minimum Gasteiger partial charge on any atom is -0.370 e. The lowest BCUT2D eigenvalue weighted by atomic mass is 9.96. The Bertz CT molecular complexity index is 652. The number of nitrogens with one attached hydrogen (secondary N) is 3. The van der Waals surface area contributed by atoms with E-state index in [4.69, 9.17) is 22.9 Å². The summed E-state index contributed by atoms with van der Waals surface area (Å²) in [5.74, 6) is -2.34. The summed E-state index contributed by atoms with van der Waals surface area (Å²) in [5, 5.41) is 7.93. The summed E-state index contributed by atoms with van der Waals surface area (Å²) in [6.07, 6.45) is 3.01. The summed E-state index contributed by atoms with van der Waals surface area (Å²) in [5.41, 5.74) is 21.5. The Kier molecular flexibility index (Phi) is 14.4. The quantitative estimate of drug-likeness (QED) is 0.0799. The number of carbonyl (C=O) groups is 4. The molecule has 12 heteroatoms. The van der Waals surface area contributed by atoms with E-state index in [2.05, 4.69) is 20.9 Å². The molecule has 0 radical (unpaired) electrons. The maximum atomic E-state index is 12.9. The second-order valence-corrected chi connectivity index (χ2v) is 7.82. The van der Waals surface area contributed by atoms with Gasteiger partial charge in [-0.1, -0.05) is 20.3 Å². The molecule has 0 aromatic rings. The number of carbonyl (C=O) groups excluding carboxylic acids is 4.